The molecule has 18 heavy (non-hydrogen) atoms. The fraction of sp³-hybridized carbons (Fsp3) is 0.231. The minimum absolute atomic E-state index is 0.179. The van der Waals surface area contributed by atoms with Crippen molar-refractivity contribution in [1.82, 2.24) is 0 Å². The zero-order valence-electron chi connectivity index (χ0n) is 9.96. The first kappa shape index (κ1) is 12.2. The Morgan fingerprint density at radius 3 is 2.72 bits per heavy atom. The molecule has 1 aliphatic rings. The summed E-state index contributed by atoms with van der Waals surface area (Å²) in [6.07, 6.45) is 1.24. The molecule has 1 aromatic carbocycles. The van der Waals surface area contributed by atoms with Gasteiger partial charge in [0, 0.05) is 5.69 Å². The maximum absolute atomic E-state index is 11.6. The van der Waals surface area contributed by atoms with Crippen LogP contribution in [0.2, 0.25) is 0 Å². The normalized spacial score (nSPS) is 18.4. The third kappa shape index (κ3) is 2.07. The molecule has 1 amide bonds. The third-order valence-corrected chi connectivity index (χ3v) is 2.74. The zero-order chi connectivity index (χ0) is 13.1. The lowest BCUT2D eigenvalue weighted by Gasteiger charge is -2.18. The number of anilines is 1. The van der Waals surface area contributed by atoms with Crippen molar-refractivity contribution in [2.45, 2.75) is 6.04 Å². The predicted octanol–water partition coefficient (Wildman–Crippen LogP) is 1.98. The monoisotopic (exact) mass is 247 g/mol. The van der Waals surface area contributed by atoms with Gasteiger partial charge in [-0.15, -0.1) is 6.58 Å². The molecule has 1 aliphatic heterocycles. The summed E-state index contributed by atoms with van der Waals surface area (Å²) in [5, 5.41) is 0. The van der Waals surface area contributed by atoms with E-state index in [9.17, 15) is 9.59 Å². The number of benzene rings is 1. The Morgan fingerprint density at radius 1 is 1.50 bits per heavy atom. The lowest BCUT2D eigenvalue weighted by atomic mass is 10.2. The van der Waals surface area contributed by atoms with Crippen LogP contribution in [0.25, 0.3) is 0 Å². The van der Waals surface area contributed by atoms with Crippen molar-refractivity contribution in [3.63, 3.8) is 0 Å². The fourth-order valence-corrected chi connectivity index (χ4v) is 1.78. The molecule has 0 aliphatic carbocycles. The summed E-state index contributed by atoms with van der Waals surface area (Å²) < 4.78 is 9.55. The van der Waals surface area contributed by atoms with E-state index in [0.29, 0.717) is 17.9 Å². The first-order chi connectivity index (χ1) is 8.67. The number of esters is 1. The Bertz CT molecular complexity index is 480. The van der Waals surface area contributed by atoms with Gasteiger partial charge in [-0.25, -0.2) is 9.59 Å². The third-order valence-electron chi connectivity index (χ3n) is 2.74. The highest BCUT2D eigenvalue weighted by Crippen LogP contribution is 2.24. The van der Waals surface area contributed by atoms with E-state index in [2.05, 4.69) is 11.3 Å². The van der Waals surface area contributed by atoms with E-state index < -0.39 is 12.1 Å². The minimum atomic E-state index is -0.411. The summed E-state index contributed by atoms with van der Waals surface area (Å²) >= 11 is 0. The maximum Gasteiger partial charge on any atom is 0.415 e. The summed E-state index contributed by atoms with van der Waals surface area (Å²) in [5.41, 5.74) is 1.10. The minimum Gasteiger partial charge on any atom is -0.465 e. The van der Waals surface area contributed by atoms with Crippen molar-refractivity contribution >= 4 is 17.7 Å². The highest BCUT2D eigenvalue weighted by Gasteiger charge is 2.32. The Hall–Kier alpha value is -2.30. The highest BCUT2D eigenvalue weighted by molar-refractivity contribution is 5.93. The standard InChI is InChI=1S/C13H13NO4/c1-3-10-8-18-13(16)14(10)11-6-4-9(5-7-11)12(15)17-2/h3-7,10H,1,8H2,2H3. The van der Waals surface area contributed by atoms with Crippen molar-refractivity contribution in [2.75, 3.05) is 18.6 Å². The van der Waals surface area contributed by atoms with Gasteiger partial charge in [-0.05, 0) is 24.3 Å². The van der Waals surface area contributed by atoms with E-state index in [4.69, 9.17) is 4.74 Å². The van der Waals surface area contributed by atoms with Gasteiger partial charge in [0.2, 0.25) is 0 Å². The molecule has 1 saturated heterocycles. The number of nitrogens with zero attached hydrogens (tertiary/aromatic N) is 1. The van der Waals surface area contributed by atoms with Gasteiger partial charge < -0.3 is 9.47 Å². The van der Waals surface area contributed by atoms with E-state index in [1.54, 1.807) is 30.3 Å². The fourth-order valence-electron chi connectivity index (χ4n) is 1.78. The Balaban J connectivity index is 2.26. The molecule has 1 atom stereocenters. The number of rotatable bonds is 3. The number of ether oxygens (including phenoxy) is 2. The average Bonchev–Trinajstić information content (AvgIpc) is 2.79. The second-order valence-corrected chi connectivity index (χ2v) is 3.79. The van der Waals surface area contributed by atoms with Crippen LogP contribution in [-0.2, 0) is 9.47 Å². The van der Waals surface area contributed by atoms with Gasteiger partial charge in [-0.3, -0.25) is 4.90 Å². The highest BCUT2D eigenvalue weighted by atomic mass is 16.6. The van der Waals surface area contributed by atoms with E-state index in [0.717, 1.165) is 0 Å². The Kier molecular flexibility index (Phi) is 3.32. The Morgan fingerprint density at radius 2 is 2.17 bits per heavy atom. The lowest BCUT2D eigenvalue weighted by molar-refractivity contribution is 0.0600. The first-order valence-electron chi connectivity index (χ1n) is 5.44. The topological polar surface area (TPSA) is 55.8 Å². The number of hydrogen-bond acceptors (Lipinski definition) is 4. The molecule has 0 aromatic heterocycles. The van der Waals surface area contributed by atoms with Crippen molar-refractivity contribution < 1.29 is 19.1 Å². The van der Waals surface area contributed by atoms with Crippen LogP contribution in [0.5, 0.6) is 0 Å². The second-order valence-electron chi connectivity index (χ2n) is 3.79. The van der Waals surface area contributed by atoms with Crippen molar-refractivity contribution in [3.8, 4) is 0 Å². The second kappa shape index (κ2) is 4.91. The predicted molar refractivity (Wildman–Crippen MR) is 65.6 cm³/mol. The summed E-state index contributed by atoms with van der Waals surface area (Å²) in [6, 6.07) is 6.38. The van der Waals surface area contributed by atoms with Gasteiger partial charge in [-0.1, -0.05) is 6.08 Å². The molecular weight excluding hydrogens is 234 g/mol. The van der Waals surface area contributed by atoms with Crippen molar-refractivity contribution in [2.24, 2.45) is 0 Å². The number of amides is 1. The number of hydrogen-bond donors (Lipinski definition) is 0. The van der Waals surface area contributed by atoms with E-state index in [1.165, 1.54) is 12.0 Å². The van der Waals surface area contributed by atoms with Crippen molar-refractivity contribution in [1.29, 1.82) is 0 Å². The molecule has 5 heteroatoms. The molecule has 5 nitrogen and oxygen atoms in total. The van der Waals surface area contributed by atoms with Gasteiger partial charge >= 0.3 is 12.1 Å². The molecule has 1 unspecified atom stereocenters. The number of methoxy groups -OCH3 is 1. The quantitative estimate of drug-likeness (QED) is 0.605. The molecule has 1 fully saturated rings. The van der Waals surface area contributed by atoms with E-state index in [1.807, 2.05) is 0 Å². The first-order valence-corrected chi connectivity index (χ1v) is 5.44. The number of carbonyl (C=O) groups is 2. The van der Waals surface area contributed by atoms with E-state index >= 15 is 0 Å². The zero-order valence-corrected chi connectivity index (χ0v) is 9.96. The number of carbonyl (C=O) groups excluding carboxylic acids is 2. The van der Waals surface area contributed by atoms with Crippen LogP contribution in [0.3, 0.4) is 0 Å². The molecule has 1 heterocycles. The SMILES string of the molecule is C=CC1COC(=O)N1c1ccc(C(=O)OC)cc1. The maximum atomic E-state index is 11.6. The summed E-state index contributed by atoms with van der Waals surface area (Å²) in [6.45, 7) is 3.96. The van der Waals surface area contributed by atoms with Gasteiger partial charge in [0.15, 0.2) is 0 Å². The van der Waals surface area contributed by atoms with Gasteiger partial charge in [0.05, 0.1) is 18.7 Å². The smallest absolute Gasteiger partial charge is 0.415 e. The van der Waals surface area contributed by atoms with Gasteiger partial charge in [0.1, 0.15) is 6.61 Å². The lowest BCUT2D eigenvalue weighted by Crippen LogP contribution is -2.31. The molecule has 0 bridgehead atoms. The average molecular weight is 247 g/mol. The molecule has 1 aromatic rings. The van der Waals surface area contributed by atoms with Crippen LogP contribution >= 0.6 is 0 Å². The van der Waals surface area contributed by atoms with Crippen LogP contribution in [0.4, 0.5) is 10.5 Å². The molecule has 0 saturated carbocycles. The molecular formula is C13H13NO4. The summed E-state index contributed by atoms with van der Waals surface area (Å²) in [5.74, 6) is -0.411. The van der Waals surface area contributed by atoms with Gasteiger partial charge in [0.25, 0.3) is 0 Å². The van der Waals surface area contributed by atoms with Crippen LogP contribution in [0.15, 0.2) is 36.9 Å². The van der Waals surface area contributed by atoms with Crippen molar-refractivity contribution in [3.05, 3.63) is 42.5 Å². The van der Waals surface area contributed by atoms with Crippen LogP contribution in [0, 0.1) is 0 Å². The number of cyclic esters (lactones) is 1. The van der Waals surface area contributed by atoms with Crippen LogP contribution < -0.4 is 4.90 Å². The van der Waals surface area contributed by atoms with E-state index in [-0.39, 0.29) is 6.04 Å². The molecule has 94 valence electrons. The van der Waals surface area contributed by atoms with Gasteiger partial charge in [-0.2, -0.15) is 0 Å². The molecule has 0 radical (unpaired) electrons. The summed E-state index contributed by atoms with van der Waals surface area (Å²) in [4.78, 5) is 24.4. The molecule has 2 rings (SSSR count). The Labute approximate surface area is 105 Å². The largest absolute Gasteiger partial charge is 0.465 e. The van der Waals surface area contributed by atoms with Crippen LogP contribution in [0.1, 0.15) is 10.4 Å². The summed E-state index contributed by atoms with van der Waals surface area (Å²) in [7, 11) is 1.32. The molecule has 0 spiro atoms. The molecule has 0 N–H and O–H groups in total. The van der Waals surface area contributed by atoms with Crippen LogP contribution in [-0.4, -0.2) is 31.8 Å².